The van der Waals surface area contributed by atoms with E-state index in [1.807, 2.05) is 0 Å². The fourth-order valence-electron chi connectivity index (χ4n) is 1.66. The highest BCUT2D eigenvalue weighted by atomic mass is 35.5. The molecule has 0 aromatic heterocycles. The largest absolute Gasteiger partial charge is 0.316 e. The molecule has 0 aliphatic carbocycles. The number of benzene rings is 2. The first-order valence-electron chi connectivity index (χ1n) is 5.66. The lowest BCUT2D eigenvalue weighted by molar-refractivity contribution is 0.536. The molecule has 2 aromatic carbocycles. The van der Waals surface area contributed by atoms with E-state index in [0.717, 1.165) is 11.8 Å². The summed E-state index contributed by atoms with van der Waals surface area (Å²) in [5, 5.41) is 3.40. The van der Waals surface area contributed by atoms with Crippen molar-refractivity contribution in [1.82, 2.24) is 5.32 Å². The second-order valence-electron chi connectivity index (χ2n) is 3.98. The SMILES string of the molecule is CNCc1cc(F)c(Sc2cccc(Cl)c2)c(F)c1. The molecule has 0 fully saturated rings. The standard InChI is InChI=1S/C14H12ClF2NS/c1-18-8-9-5-12(16)14(13(17)6-9)19-11-4-2-3-10(15)7-11/h2-7,18H,8H2,1H3. The molecule has 0 radical (unpaired) electrons. The summed E-state index contributed by atoms with van der Waals surface area (Å²) >= 11 is 6.87. The van der Waals surface area contributed by atoms with Crippen molar-refractivity contribution in [1.29, 1.82) is 0 Å². The number of hydrogen-bond donors (Lipinski definition) is 1. The molecule has 5 heteroatoms. The number of nitrogens with one attached hydrogen (secondary N) is 1. The molecule has 0 atom stereocenters. The van der Waals surface area contributed by atoms with E-state index in [4.69, 9.17) is 11.6 Å². The van der Waals surface area contributed by atoms with E-state index >= 15 is 0 Å². The van der Waals surface area contributed by atoms with E-state index in [2.05, 4.69) is 5.32 Å². The zero-order valence-corrected chi connectivity index (χ0v) is 11.8. The highest BCUT2D eigenvalue weighted by Gasteiger charge is 2.12. The molecule has 1 N–H and O–H groups in total. The Morgan fingerprint density at radius 3 is 2.42 bits per heavy atom. The maximum Gasteiger partial charge on any atom is 0.140 e. The van der Waals surface area contributed by atoms with E-state index < -0.39 is 11.6 Å². The molecule has 0 spiro atoms. The molecular formula is C14H12ClF2NS. The van der Waals surface area contributed by atoms with Crippen LogP contribution in [-0.4, -0.2) is 7.05 Å². The van der Waals surface area contributed by atoms with E-state index in [1.54, 1.807) is 31.3 Å². The number of hydrogen-bond acceptors (Lipinski definition) is 2. The molecule has 2 aromatic rings. The first kappa shape index (κ1) is 14.3. The highest BCUT2D eigenvalue weighted by Crippen LogP contribution is 2.33. The van der Waals surface area contributed by atoms with Crippen molar-refractivity contribution in [2.75, 3.05) is 7.05 Å². The Morgan fingerprint density at radius 1 is 1.16 bits per heavy atom. The van der Waals surface area contributed by atoms with Crippen molar-refractivity contribution in [2.24, 2.45) is 0 Å². The van der Waals surface area contributed by atoms with Crippen molar-refractivity contribution in [3.63, 3.8) is 0 Å². The third-order valence-corrected chi connectivity index (χ3v) is 3.77. The van der Waals surface area contributed by atoms with Gasteiger partial charge in [0.2, 0.25) is 0 Å². The molecular weight excluding hydrogens is 288 g/mol. The second kappa shape index (κ2) is 6.37. The normalized spacial score (nSPS) is 10.7. The van der Waals surface area contributed by atoms with Gasteiger partial charge in [0.15, 0.2) is 0 Å². The molecule has 19 heavy (non-hydrogen) atoms. The Hall–Kier alpha value is -1.10. The Labute approximate surface area is 120 Å². The zero-order chi connectivity index (χ0) is 13.8. The van der Waals surface area contributed by atoms with Crippen molar-refractivity contribution in [2.45, 2.75) is 16.3 Å². The van der Waals surface area contributed by atoms with Crippen LogP contribution in [0.4, 0.5) is 8.78 Å². The third kappa shape index (κ3) is 3.69. The fourth-order valence-corrected chi connectivity index (χ4v) is 2.80. The third-order valence-electron chi connectivity index (χ3n) is 2.45. The summed E-state index contributed by atoms with van der Waals surface area (Å²) in [4.78, 5) is 0.689. The first-order valence-corrected chi connectivity index (χ1v) is 6.85. The fraction of sp³-hybridized carbons (Fsp3) is 0.143. The van der Waals surface area contributed by atoms with Gasteiger partial charge >= 0.3 is 0 Å². The minimum absolute atomic E-state index is 0.0119. The molecule has 1 nitrogen and oxygen atoms in total. The van der Waals surface area contributed by atoms with Crippen LogP contribution in [0.25, 0.3) is 0 Å². The number of rotatable bonds is 4. The zero-order valence-electron chi connectivity index (χ0n) is 10.2. The van der Waals surface area contributed by atoms with Crippen LogP contribution in [0.15, 0.2) is 46.2 Å². The van der Waals surface area contributed by atoms with Gasteiger partial charge < -0.3 is 5.32 Å². The summed E-state index contributed by atoms with van der Waals surface area (Å²) in [5.74, 6) is -1.12. The monoisotopic (exact) mass is 299 g/mol. The average molecular weight is 300 g/mol. The predicted molar refractivity (Wildman–Crippen MR) is 74.7 cm³/mol. The molecule has 0 aliphatic rings. The van der Waals surface area contributed by atoms with Crippen LogP contribution in [0.1, 0.15) is 5.56 Å². The van der Waals surface area contributed by atoms with Crippen molar-refractivity contribution in [3.05, 3.63) is 58.6 Å². The first-order chi connectivity index (χ1) is 9.10. The minimum Gasteiger partial charge on any atom is -0.316 e. The average Bonchev–Trinajstić information content (AvgIpc) is 2.34. The van der Waals surface area contributed by atoms with Crippen LogP contribution in [0.5, 0.6) is 0 Å². The van der Waals surface area contributed by atoms with Gasteiger partial charge in [-0.05, 0) is 42.9 Å². The molecule has 0 bridgehead atoms. The summed E-state index contributed by atoms with van der Waals surface area (Å²) < 4.78 is 27.8. The van der Waals surface area contributed by atoms with Crippen LogP contribution >= 0.6 is 23.4 Å². The maximum absolute atomic E-state index is 13.9. The van der Waals surface area contributed by atoms with Gasteiger partial charge in [0.1, 0.15) is 11.6 Å². The Balaban J connectivity index is 2.30. The van der Waals surface area contributed by atoms with Gasteiger partial charge in [-0.1, -0.05) is 29.4 Å². The van der Waals surface area contributed by atoms with Gasteiger partial charge in [0, 0.05) is 16.5 Å². The molecule has 0 aliphatic heterocycles. The Bertz CT molecular complexity index is 566. The lowest BCUT2D eigenvalue weighted by atomic mass is 10.2. The minimum atomic E-state index is -0.560. The summed E-state index contributed by atoms with van der Waals surface area (Å²) in [5.41, 5.74) is 0.577. The summed E-state index contributed by atoms with van der Waals surface area (Å²) in [6, 6.07) is 9.58. The quantitative estimate of drug-likeness (QED) is 0.893. The summed E-state index contributed by atoms with van der Waals surface area (Å²) in [6.45, 7) is 0.427. The van der Waals surface area contributed by atoms with Gasteiger partial charge in [-0.25, -0.2) is 8.78 Å². The van der Waals surface area contributed by atoms with Crippen LogP contribution in [0, 0.1) is 11.6 Å². The lowest BCUT2D eigenvalue weighted by Crippen LogP contribution is -2.06. The van der Waals surface area contributed by atoms with Crippen molar-refractivity contribution in [3.8, 4) is 0 Å². The predicted octanol–water partition coefficient (Wildman–Crippen LogP) is 4.49. The molecule has 100 valence electrons. The summed E-state index contributed by atoms with van der Waals surface area (Å²) in [7, 11) is 1.73. The summed E-state index contributed by atoms with van der Waals surface area (Å²) in [6.07, 6.45) is 0. The molecule has 0 heterocycles. The number of halogens is 3. The van der Waals surface area contributed by atoms with Crippen molar-refractivity contribution >= 4 is 23.4 Å². The lowest BCUT2D eigenvalue weighted by Gasteiger charge is -2.08. The van der Waals surface area contributed by atoms with Crippen LogP contribution in [0.3, 0.4) is 0 Å². The molecule has 0 saturated carbocycles. The molecule has 2 rings (SSSR count). The smallest absolute Gasteiger partial charge is 0.140 e. The van der Waals surface area contributed by atoms with Gasteiger partial charge in [-0.15, -0.1) is 0 Å². The van der Waals surface area contributed by atoms with Crippen LogP contribution in [-0.2, 0) is 6.54 Å². The van der Waals surface area contributed by atoms with E-state index in [1.165, 1.54) is 12.1 Å². The topological polar surface area (TPSA) is 12.0 Å². The Kier molecular flexibility index (Phi) is 4.80. The molecule has 0 unspecified atom stereocenters. The Morgan fingerprint density at radius 2 is 1.84 bits per heavy atom. The highest BCUT2D eigenvalue weighted by molar-refractivity contribution is 7.99. The maximum atomic E-state index is 13.9. The van der Waals surface area contributed by atoms with E-state index in [9.17, 15) is 8.78 Å². The van der Waals surface area contributed by atoms with Gasteiger partial charge in [0.25, 0.3) is 0 Å². The molecule has 0 saturated heterocycles. The van der Waals surface area contributed by atoms with Gasteiger partial charge in [-0.2, -0.15) is 0 Å². The van der Waals surface area contributed by atoms with Crippen LogP contribution < -0.4 is 5.32 Å². The van der Waals surface area contributed by atoms with Gasteiger partial charge in [0.05, 0.1) is 4.90 Å². The second-order valence-corrected chi connectivity index (χ2v) is 5.50. The molecule has 0 amide bonds. The van der Waals surface area contributed by atoms with Crippen molar-refractivity contribution < 1.29 is 8.78 Å². The van der Waals surface area contributed by atoms with Gasteiger partial charge in [-0.3, -0.25) is 0 Å². The van der Waals surface area contributed by atoms with E-state index in [0.29, 0.717) is 22.0 Å². The van der Waals surface area contributed by atoms with E-state index in [-0.39, 0.29) is 4.90 Å². The van der Waals surface area contributed by atoms with Crippen LogP contribution in [0.2, 0.25) is 5.02 Å².